The van der Waals surface area contributed by atoms with Crippen LogP contribution >= 0.6 is 0 Å². The summed E-state index contributed by atoms with van der Waals surface area (Å²) in [6.45, 7) is 2.14. The van der Waals surface area contributed by atoms with Gasteiger partial charge in [-0.2, -0.15) is 5.10 Å². The van der Waals surface area contributed by atoms with Gasteiger partial charge in [-0.05, 0) is 36.8 Å². The van der Waals surface area contributed by atoms with Gasteiger partial charge in [0.05, 0.1) is 12.2 Å². The lowest BCUT2D eigenvalue weighted by molar-refractivity contribution is -0.114. The van der Waals surface area contributed by atoms with Crippen LogP contribution in [-0.2, 0) is 9.53 Å². The summed E-state index contributed by atoms with van der Waals surface area (Å²) < 4.78 is 5.04. The molecule has 0 aliphatic rings. The number of aromatic nitrogens is 3. The third-order valence-corrected chi connectivity index (χ3v) is 4.15. The van der Waals surface area contributed by atoms with Gasteiger partial charge in [-0.25, -0.2) is 9.78 Å². The van der Waals surface area contributed by atoms with E-state index in [0.29, 0.717) is 11.3 Å². The van der Waals surface area contributed by atoms with E-state index in [2.05, 4.69) is 20.5 Å². The molecule has 0 fully saturated rings. The van der Waals surface area contributed by atoms with Gasteiger partial charge in [0.1, 0.15) is 6.61 Å². The van der Waals surface area contributed by atoms with Gasteiger partial charge in [0.15, 0.2) is 5.65 Å². The normalized spacial score (nSPS) is 11.3. The molecule has 0 aliphatic heterocycles. The summed E-state index contributed by atoms with van der Waals surface area (Å²) in [6.07, 6.45) is 2.66. The van der Waals surface area contributed by atoms with E-state index in [0.717, 1.165) is 16.7 Å². The SMILES string of the molecule is CNC(=O)OCCN(C(=O)/C=C(\C)c1[nH]nc2ncccc12)c1ccccc1. The van der Waals surface area contributed by atoms with Gasteiger partial charge in [-0.15, -0.1) is 0 Å². The highest BCUT2D eigenvalue weighted by atomic mass is 16.5. The standard InChI is InChI=1S/C20H21N5O3/c1-14(18-16-9-6-10-22-19(16)24-23-18)13-17(26)25(11-12-28-20(27)21-2)15-7-4-3-5-8-15/h3-10,13H,11-12H2,1-2H3,(H,21,27)(H,22,23,24)/b14-13+. The van der Waals surface area contributed by atoms with Crippen LogP contribution in [0, 0.1) is 0 Å². The summed E-state index contributed by atoms with van der Waals surface area (Å²) in [5, 5.41) is 10.3. The first-order valence-electron chi connectivity index (χ1n) is 8.79. The van der Waals surface area contributed by atoms with Crippen LogP contribution in [0.4, 0.5) is 10.5 Å². The molecular formula is C20H21N5O3. The summed E-state index contributed by atoms with van der Waals surface area (Å²) in [4.78, 5) is 30.0. The largest absolute Gasteiger partial charge is 0.448 e. The second-order valence-corrected chi connectivity index (χ2v) is 6.01. The van der Waals surface area contributed by atoms with E-state index in [9.17, 15) is 9.59 Å². The third-order valence-electron chi connectivity index (χ3n) is 4.15. The Labute approximate surface area is 162 Å². The Morgan fingerprint density at radius 1 is 1.21 bits per heavy atom. The third kappa shape index (κ3) is 4.35. The maximum Gasteiger partial charge on any atom is 0.406 e. The Balaban J connectivity index is 1.83. The minimum Gasteiger partial charge on any atom is -0.448 e. The fourth-order valence-electron chi connectivity index (χ4n) is 2.76. The van der Waals surface area contributed by atoms with Crippen molar-refractivity contribution in [1.29, 1.82) is 0 Å². The molecule has 144 valence electrons. The van der Waals surface area contributed by atoms with Crippen molar-refractivity contribution >= 4 is 34.3 Å². The fourth-order valence-corrected chi connectivity index (χ4v) is 2.76. The first-order valence-corrected chi connectivity index (χ1v) is 8.79. The van der Waals surface area contributed by atoms with Crippen molar-refractivity contribution in [3.05, 3.63) is 60.4 Å². The number of aromatic amines is 1. The lowest BCUT2D eigenvalue weighted by Gasteiger charge is -2.21. The average molecular weight is 379 g/mol. The molecule has 2 heterocycles. The van der Waals surface area contributed by atoms with Gasteiger partial charge in [0.2, 0.25) is 0 Å². The summed E-state index contributed by atoms with van der Waals surface area (Å²) in [5.74, 6) is -0.226. The number of anilines is 1. The number of fused-ring (bicyclic) bond motifs is 1. The van der Waals surface area contributed by atoms with Crippen molar-refractivity contribution in [2.45, 2.75) is 6.92 Å². The second kappa shape index (κ2) is 8.81. The van der Waals surface area contributed by atoms with Gasteiger partial charge >= 0.3 is 6.09 Å². The minimum absolute atomic E-state index is 0.0735. The number of nitrogens with one attached hydrogen (secondary N) is 2. The molecule has 2 amide bonds. The second-order valence-electron chi connectivity index (χ2n) is 6.01. The van der Waals surface area contributed by atoms with E-state index in [1.54, 1.807) is 11.1 Å². The van der Waals surface area contributed by atoms with Crippen LogP contribution in [0.2, 0.25) is 0 Å². The molecule has 0 bridgehead atoms. The molecule has 8 nitrogen and oxygen atoms in total. The number of hydrogen-bond acceptors (Lipinski definition) is 5. The first kappa shape index (κ1) is 19.1. The van der Waals surface area contributed by atoms with Crippen molar-refractivity contribution in [2.24, 2.45) is 0 Å². The van der Waals surface area contributed by atoms with E-state index >= 15 is 0 Å². The zero-order valence-corrected chi connectivity index (χ0v) is 15.7. The number of allylic oxidation sites excluding steroid dienone is 1. The van der Waals surface area contributed by atoms with Crippen molar-refractivity contribution in [2.75, 3.05) is 25.1 Å². The molecule has 0 spiro atoms. The number of carbonyl (C=O) groups excluding carboxylic acids is 2. The smallest absolute Gasteiger partial charge is 0.406 e. The van der Waals surface area contributed by atoms with E-state index in [1.807, 2.05) is 49.4 Å². The number of para-hydroxylation sites is 1. The lowest BCUT2D eigenvalue weighted by atomic mass is 10.1. The van der Waals surface area contributed by atoms with E-state index in [-0.39, 0.29) is 19.1 Å². The quantitative estimate of drug-likeness (QED) is 0.642. The van der Waals surface area contributed by atoms with E-state index < -0.39 is 6.09 Å². The van der Waals surface area contributed by atoms with Crippen LogP contribution in [0.5, 0.6) is 0 Å². The predicted octanol–water partition coefficient (Wildman–Crippen LogP) is 2.75. The Morgan fingerprint density at radius 2 is 2.00 bits per heavy atom. The topological polar surface area (TPSA) is 100 Å². The Kier molecular flexibility index (Phi) is 6.01. The molecule has 3 rings (SSSR count). The lowest BCUT2D eigenvalue weighted by Crippen LogP contribution is -2.34. The monoisotopic (exact) mass is 379 g/mol. The highest BCUT2D eigenvalue weighted by Gasteiger charge is 2.16. The van der Waals surface area contributed by atoms with Gasteiger partial charge in [0.25, 0.3) is 5.91 Å². The Morgan fingerprint density at radius 3 is 2.75 bits per heavy atom. The Bertz CT molecular complexity index is 997. The molecule has 2 aromatic heterocycles. The fraction of sp³-hybridized carbons (Fsp3) is 0.200. The molecule has 0 unspecified atom stereocenters. The molecule has 0 saturated carbocycles. The first-order chi connectivity index (χ1) is 13.6. The number of pyridine rings is 1. The van der Waals surface area contributed by atoms with Gasteiger partial charge in [0, 0.05) is 30.4 Å². The molecule has 3 aromatic rings. The Hall–Kier alpha value is -3.68. The molecule has 28 heavy (non-hydrogen) atoms. The van der Waals surface area contributed by atoms with Crippen molar-refractivity contribution < 1.29 is 14.3 Å². The number of alkyl carbamates (subject to hydrolysis) is 1. The van der Waals surface area contributed by atoms with Crippen LogP contribution in [0.25, 0.3) is 16.6 Å². The molecule has 0 saturated heterocycles. The van der Waals surface area contributed by atoms with Crippen molar-refractivity contribution in [1.82, 2.24) is 20.5 Å². The number of ether oxygens (including phenoxy) is 1. The van der Waals surface area contributed by atoms with E-state index in [4.69, 9.17) is 4.74 Å². The van der Waals surface area contributed by atoms with Crippen molar-refractivity contribution in [3.63, 3.8) is 0 Å². The molecule has 2 N–H and O–H groups in total. The van der Waals surface area contributed by atoms with Gasteiger partial charge < -0.3 is 15.0 Å². The predicted molar refractivity (Wildman–Crippen MR) is 107 cm³/mol. The zero-order chi connectivity index (χ0) is 19.9. The summed E-state index contributed by atoms with van der Waals surface area (Å²) in [7, 11) is 1.48. The summed E-state index contributed by atoms with van der Waals surface area (Å²) in [6, 6.07) is 12.9. The number of carbonyl (C=O) groups is 2. The van der Waals surface area contributed by atoms with Crippen LogP contribution in [0.1, 0.15) is 12.6 Å². The van der Waals surface area contributed by atoms with Gasteiger partial charge in [-0.1, -0.05) is 18.2 Å². The van der Waals surface area contributed by atoms with Crippen LogP contribution in [0.3, 0.4) is 0 Å². The van der Waals surface area contributed by atoms with Crippen LogP contribution in [0.15, 0.2) is 54.7 Å². The molecule has 0 radical (unpaired) electrons. The molecule has 0 atom stereocenters. The average Bonchev–Trinajstić information content (AvgIpc) is 3.15. The van der Waals surface area contributed by atoms with Crippen LogP contribution < -0.4 is 10.2 Å². The maximum atomic E-state index is 13.0. The minimum atomic E-state index is -0.538. The van der Waals surface area contributed by atoms with Gasteiger partial charge in [-0.3, -0.25) is 9.89 Å². The van der Waals surface area contributed by atoms with Crippen molar-refractivity contribution in [3.8, 4) is 0 Å². The van der Waals surface area contributed by atoms with Crippen LogP contribution in [-0.4, -0.2) is 47.4 Å². The number of benzene rings is 1. The highest BCUT2D eigenvalue weighted by molar-refractivity contribution is 6.06. The number of H-pyrrole nitrogens is 1. The molecule has 1 aromatic carbocycles. The number of rotatable bonds is 6. The number of amides is 2. The number of hydrogen-bond donors (Lipinski definition) is 2. The highest BCUT2D eigenvalue weighted by Crippen LogP contribution is 2.22. The van der Waals surface area contributed by atoms with E-state index in [1.165, 1.54) is 13.1 Å². The molecule has 8 heteroatoms. The molecular weight excluding hydrogens is 358 g/mol. The molecule has 0 aliphatic carbocycles. The maximum absolute atomic E-state index is 13.0. The number of nitrogens with zero attached hydrogens (tertiary/aromatic N) is 3. The summed E-state index contributed by atoms with van der Waals surface area (Å²) in [5.41, 5.74) is 2.78. The summed E-state index contributed by atoms with van der Waals surface area (Å²) >= 11 is 0. The zero-order valence-electron chi connectivity index (χ0n) is 15.7.